The molecule has 1 aromatic rings. The maximum atomic E-state index is 3.43. The summed E-state index contributed by atoms with van der Waals surface area (Å²) in [6.07, 6.45) is 5.57. The van der Waals surface area contributed by atoms with Gasteiger partial charge in [0.05, 0.1) is 0 Å². The highest BCUT2D eigenvalue weighted by Gasteiger charge is 2.14. The van der Waals surface area contributed by atoms with Crippen molar-refractivity contribution in [3.05, 3.63) is 35.7 Å². The van der Waals surface area contributed by atoms with Crippen LogP contribution in [-0.4, -0.2) is 6.54 Å². The van der Waals surface area contributed by atoms with Crippen molar-refractivity contribution in [3.8, 4) is 0 Å². The van der Waals surface area contributed by atoms with Gasteiger partial charge >= 0.3 is 0 Å². The number of hydrogen-bond donors (Lipinski definition) is 1. The second-order valence-corrected chi connectivity index (χ2v) is 5.47. The first-order chi connectivity index (χ1) is 7.04. The summed E-state index contributed by atoms with van der Waals surface area (Å²) in [5, 5.41) is 3.39. The molecule has 1 heterocycles. The molecule has 1 nitrogen and oxygen atoms in total. The van der Waals surface area contributed by atoms with E-state index < -0.39 is 0 Å². The number of hydrogen-bond acceptors (Lipinski definition) is 1. The zero-order valence-corrected chi connectivity index (χ0v) is 9.85. The van der Waals surface area contributed by atoms with E-state index in [1.165, 1.54) is 16.8 Å². The molecule has 0 fully saturated rings. The van der Waals surface area contributed by atoms with Gasteiger partial charge in [-0.25, -0.2) is 0 Å². The highest BCUT2D eigenvalue weighted by Crippen LogP contribution is 2.27. The molecule has 1 N–H and O–H groups in total. The zero-order valence-electron chi connectivity index (χ0n) is 9.85. The van der Waals surface area contributed by atoms with Gasteiger partial charge in [0.25, 0.3) is 0 Å². The first kappa shape index (κ1) is 10.5. The molecule has 0 unspecified atom stereocenters. The predicted octanol–water partition coefficient (Wildman–Crippen LogP) is 3.52. The van der Waals surface area contributed by atoms with Crippen LogP contribution in [0.3, 0.4) is 0 Å². The summed E-state index contributed by atoms with van der Waals surface area (Å²) in [6.45, 7) is 7.85. The monoisotopic (exact) mass is 201 g/mol. The third-order valence-corrected chi connectivity index (χ3v) is 2.57. The van der Waals surface area contributed by atoms with Gasteiger partial charge in [0.2, 0.25) is 0 Å². The third kappa shape index (κ3) is 2.74. The van der Waals surface area contributed by atoms with Crippen molar-refractivity contribution in [1.82, 2.24) is 0 Å². The lowest BCUT2D eigenvalue weighted by atomic mass is 9.87. The second kappa shape index (κ2) is 3.88. The fourth-order valence-corrected chi connectivity index (χ4v) is 2.01. The van der Waals surface area contributed by atoms with E-state index in [4.69, 9.17) is 0 Å². The van der Waals surface area contributed by atoms with Crippen molar-refractivity contribution >= 4 is 5.69 Å². The Balaban J connectivity index is 2.21. The third-order valence-electron chi connectivity index (χ3n) is 2.57. The molecule has 0 saturated carbocycles. The molecule has 2 radical (unpaired) electrons. The maximum absolute atomic E-state index is 3.43. The van der Waals surface area contributed by atoms with Crippen LogP contribution in [0.1, 0.15) is 38.3 Å². The Bertz CT molecular complexity index is 347. The molecular formula is C14H19N. The van der Waals surface area contributed by atoms with E-state index >= 15 is 0 Å². The van der Waals surface area contributed by atoms with Crippen molar-refractivity contribution in [2.24, 2.45) is 5.41 Å². The van der Waals surface area contributed by atoms with E-state index in [-0.39, 0.29) is 0 Å². The van der Waals surface area contributed by atoms with Crippen molar-refractivity contribution in [2.45, 2.75) is 33.6 Å². The summed E-state index contributed by atoms with van der Waals surface area (Å²) >= 11 is 0. The van der Waals surface area contributed by atoms with Crippen LogP contribution in [-0.2, 0) is 6.42 Å². The van der Waals surface area contributed by atoms with Crippen molar-refractivity contribution < 1.29 is 0 Å². The Morgan fingerprint density at radius 1 is 1.33 bits per heavy atom. The van der Waals surface area contributed by atoms with Crippen molar-refractivity contribution in [2.75, 3.05) is 11.9 Å². The lowest BCUT2D eigenvalue weighted by Crippen LogP contribution is -2.12. The number of rotatable bonds is 1. The first-order valence-corrected chi connectivity index (χ1v) is 5.65. The molecule has 1 aliphatic heterocycles. The molecule has 0 spiro atoms. The van der Waals surface area contributed by atoms with E-state index in [1.807, 2.05) is 0 Å². The lowest BCUT2D eigenvalue weighted by molar-refractivity contribution is 0.411. The number of anilines is 1. The molecule has 1 aromatic carbocycles. The van der Waals surface area contributed by atoms with E-state index in [0.717, 1.165) is 19.4 Å². The van der Waals surface area contributed by atoms with Gasteiger partial charge in [0, 0.05) is 18.7 Å². The van der Waals surface area contributed by atoms with Gasteiger partial charge in [-0.05, 0) is 35.4 Å². The summed E-state index contributed by atoms with van der Waals surface area (Å²) in [7, 11) is 0. The Morgan fingerprint density at radius 3 is 2.87 bits per heavy atom. The van der Waals surface area contributed by atoms with Gasteiger partial charge in [-0.2, -0.15) is 0 Å². The van der Waals surface area contributed by atoms with Crippen LogP contribution in [0.5, 0.6) is 0 Å². The highest BCUT2D eigenvalue weighted by molar-refractivity contribution is 5.57. The van der Waals surface area contributed by atoms with Gasteiger partial charge in [0.15, 0.2) is 0 Å². The summed E-state index contributed by atoms with van der Waals surface area (Å²) in [5.41, 5.74) is 4.26. The van der Waals surface area contributed by atoms with Crippen LogP contribution in [0.2, 0.25) is 0 Å². The fraction of sp³-hybridized carbons (Fsp3) is 0.500. The molecule has 0 saturated heterocycles. The number of nitrogens with one attached hydrogen (secondary N) is 1. The van der Waals surface area contributed by atoms with Gasteiger partial charge in [-0.3, -0.25) is 0 Å². The maximum Gasteiger partial charge on any atom is 0.0379 e. The molecule has 0 aliphatic carbocycles. The normalized spacial score (nSPS) is 15.7. The summed E-state index contributed by atoms with van der Waals surface area (Å²) in [5.74, 6) is 0. The Labute approximate surface area is 92.9 Å². The van der Waals surface area contributed by atoms with Gasteiger partial charge in [0.1, 0.15) is 0 Å². The molecule has 15 heavy (non-hydrogen) atoms. The van der Waals surface area contributed by atoms with Crippen LogP contribution < -0.4 is 5.32 Å². The number of fused-ring (bicyclic) bond motifs is 1. The molecule has 1 aliphatic rings. The Morgan fingerprint density at radius 2 is 2.13 bits per heavy atom. The Kier molecular flexibility index (Phi) is 2.72. The average molecular weight is 201 g/mol. The Hall–Kier alpha value is -0.980. The van der Waals surface area contributed by atoms with E-state index in [0.29, 0.717) is 5.41 Å². The summed E-state index contributed by atoms with van der Waals surface area (Å²) < 4.78 is 0. The molecule has 1 heteroatoms. The van der Waals surface area contributed by atoms with Crippen LogP contribution in [0.4, 0.5) is 5.69 Å². The smallest absolute Gasteiger partial charge is 0.0379 e. The SMILES string of the molecule is CC(C)(C)Cc1ccc2c(c1)[C]CCN2. The van der Waals surface area contributed by atoms with Gasteiger partial charge < -0.3 is 5.32 Å². The van der Waals surface area contributed by atoms with E-state index in [2.05, 4.69) is 50.7 Å². The average Bonchev–Trinajstić information content (AvgIpc) is 2.15. The topological polar surface area (TPSA) is 12.0 Å². The molecular weight excluding hydrogens is 182 g/mol. The number of benzene rings is 1. The molecule has 0 bridgehead atoms. The molecule has 2 rings (SSSR count). The predicted molar refractivity (Wildman–Crippen MR) is 65.1 cm³/mol. The largest absolute Gasteiger partial charge is 0.385 e. The van der Waals surface area contributed by atoms with Crippen molar-refractivity contribution in [3.63, 3.8) is 0 Å². The van der Waals surface area contributed by atoms with Crippen LogP contribution in [0.25, 0.3) is 0 Å². The summed E-state index contributed by atoms with van der Waals surface area (Å²) in [4.78, 5) is 0. The minimum atomic E-state index is 0.357. The van der Waals surface area contributed by atoms with Crippen LogP contribution >= 0.6 is 0 Å². The fourth-order valence-electron chi connectivity index (χ4n) is 2.01. The summed E-state index contributed by atoms with van der Waals surface area (Å²) in [6, 6.07) is 6.68. The molecule has 0 amide bonds. The quantitative estimate of drug-likeness (QED) is 0.733. The molecule has 0 atom stereocenters. The van der Waals surface area contributed by atoms with E-state index in [9.17, 15) is 0 Å². The molecule has 0 aromatic heterocycles. The zero-order chi connectivity index (χ0) is 10.9. The van der Waals surface area contributed by atoms with Crippen molar-refractivity contribution in [1.29, 1.82) is 0 Å². The lowest BCUT2D eigenvalue weighted by Gasteiger charge is -2.21. The minimum Gasteiger partial charge on any atom is -0.385 e. The van der Waals surface area contributed by atoms with Gasteiger partial charge in [-0.1, -0.05) is 32.9 Å². The standard InChI is InChI=1S/C14H19N/c1-14(2,3)10-11-6-7-13-12(9-11)5-4-8-15-13/h6-7,9,15H,4,8,10H2,1-3H3. The minimum absolute atomic E-state index is 0.357. The van der Waals surface area contributed by atoms with Gasteiger partial charge in [-0.15, -0.1) is 0 Å². The van der Waals surface area contributed by atoms with E-state index in [1.54, 1.807) is 0 Å². The first-order valence-electron chi connectivity index (χ1n) is 5.65. The highest BCUT2D eigenvalue weighted by atomic mass is 14.9. The molecule has 80 valence electrons. The second-order valence-electron chi connectivity index (χ2n) is 5.47. The van der Waals surface area contributed by atoms with Crippen LogP contribution in [0.15, 0.2) is 18.2 Å². The van der Waals surface area contributed by atoms with Crippen LogP contribution in [0, 0.1) is 11.8 Å².